The van der Waals surface area contributed by atoms with Crippen LogP contribution in [0.15, 0.2) is 18.2 Å². The van der Waals surface area contributed by atoms with Crippen LogP contribution in [0.4, 0.5) is 10.1 Å². The van der Waals surface area contributed by atoms with Gasteiger partial charge in [-0.05, 0) is 36.6 Å². The van der Waals surface area contributed by atoms with E-state index >= 15 is 0 Å². The van der Waals surface area contributed by atoms with Crippen molar-refractivity contribution in [2.24, 2.45) is 0 Å². The Labute approximate surface area is 102 Å². The topological polar surface area (TPSA) is 12.5 Å². The maximum atomic E-state index is 13.6. The molecule has 0 aliphatic carbocycles. The molecule has 1 heterocycles. The van der Waals surface area contributed by atoms with Crippen LogP contribution in [0.2, 0.25) is 0 Å². The Morgan fingerprint density at radius 3 is 2.82 bits per heavy atom. The molecule has 0 saturated carbocycles. The van der Waals surface area contributed by atoms with Gasteiger partial charge in [-0.2, -0.15) is 0 Å². The van der Waals surface area contributed by atoms with Gasteiger partial charge in [-0.3, -0.25) is 0 Å². The summed E-state index contributed by atoms with van der Waals surface area (Å²) in [6, 6.07) is 5.40. The first-order valence-corrected chi connectivity index (χ1v) is 6.24. The van der Waals surface area contributed by atoms with Crippen LogP contribution in [0.3, 0.4) is 0 Å². The fourth-order valence-electron chi connectivity index (χ4n) is 2.22. The first-order chi connectivity index (χ1) is 8.08. The van der Waals surface area contributed by atoms with Gasteiger partial charge in [0.2, 0.25) is 0 Å². The van der Waals surface area contributed by atoms with Gasteiger partial charge in [0.15, 0.2) is 0 Å². The van der Waals surface area contributed by atoms with E-state index in [0.717, 1.165) is 30.9 Å². The average molecular weight is 237 g/mol. The van der Waals surface area contributed by atoms with Crippen LogP contribution < -0.4 is 4.90 Å². The van der Waals surface area contributed by atoms with Gasteiger partial charge in [0.25, 0.3) is 0 Å². The standard InChI is InChI=1S/C14H20FNO/c1-10(2)13-8-12(4-5-14(13)15)16-6-7-17-11(3)9-16/h4-5,8,10-11H,6-7,9H2,1-3H3. The van der Waals surface area contributed by atoms with Crippen molar-refractivity contribution in [3.8, 4) is 0 Å². The summed E-state index contributed by atoms with van der Waals surface area (Å²) < 4.78 is 19.1. The Kier molecular flexibility index (Phi) is 3.67. The number of benzene rings is 1. The van der Waals surface area contributed by atoms with E-state index in [1.54, 1.807) is 6.07 Å². The lowest BCUT2D eigenvalue weighted by Gasteiger charge is -2.33. The highest BCUT2D eigenvalue weighted by Crippen LogP contribution is 2.25. The molecule has 1 saturated heterocycles. The van der Waals surface area contributed by atoms with Gasteiger partial charge in [-0.25, -0.2) is 4.39 Å². The summed E-state index contributed by atoms with van der Waals surface area (Å²) in [5, 5.41) is 0. The lowest BCUT2D eigenvalue weighted by atomic mass is 10.0. The quantitative estimate of drug-likeness (QED) is 0.783. The summed E-state index contributed by atoms with van der Waals surface area (Å²) in [5.74, 6) is 0.110. The van der Waals surface area contributed by atoms with Crippen LogP contribution in [-0.4, -0.2) is 25.8 Å². The van der Waals surface area contributed by atoms with Crippen molar-refractivity contribution in [1.29, 1.82) is 0 Å². The SMILES string of the molecule is CC1CN(c2ccc(F)c(C(C)C)c2)CCO1. The highest BCUT2D eigenvalue weighted by Gasteiger charge is 2.18. The number of nitrogens with zero attached hydrogens (tertiary/aromatic N) is 1. The molecule has 0 bridgehead atoms. The molecule has 94 valence electrons. The van der Waals surface area contributed by atoms with Gasteiger partial charge in [0.1, 0.15) is 5.82 Å². The second kappa shape index (κ2) is 5.05. The molecule has 0 aromatic heterocycles. The number of hydrogen-bond acceptors (Lipinski definition) is 2. The molecule has 3 heteroatoms. The molecule has 2 rings (SSSR count). The Bertz CT molecular complexity index is 392. The molecule has 1 unspecified atom stereocenters. The number of ether oxygens (including phenoxy) is 1. The minimum absolute atomic E-state index is 0.106. The second-order valence-corrected chi connectivity index (χ2v) is 4.99. The Hall–Kier alpha value is -1.09. The molecule has 2 nitrogen and oxygen atoms in total. The Morgan fingerprint density at radius 2 is 2.18 bits per heavy atom. The van der Waals surface area contributed by atoms with E-state index in [-0.39, 0.29) is 17.8 Å². The molecule has 0 N–H and O–H groups in total. The van der Waals surface area contributed by atoms with E-state index in [2.05, 4.69) is 11.8 Å². The van der Waals surface area contributed by atoms with Gasteiger partial charge >= 0.3 is 0 Å². The summed E-state index contributed by atoms with van der Waals surface area (Å²) in [6.07, 6.45) is 0.247. The zero-order valence-corrected chi connectivity index (χ0v) is 10.7. The number of anilines is 1. The lowest BCUT2D eigenvalue weighted by molar-refractivity contribution is 0.0532. The molecule has 0 amide bonds. The smallest absolute Gasteiger partial charge is 0.126 e. The predicted octanol–water partition coefficient (Wildman–Crippen LogP) is 3.17. The molecular formula is C14H20FNO. The van der Waals surface area contributed by atoms with Crippen LogP contribution in [0.5, 0.6) is 0 Å². The predicted molar refractivity (Wildman–Crippen MR) is 68.1 cm³/mol. The van der Waals surface area contributed by atoms with Gasteiger partial charge < -0.3 is 9.64 Å². The normalized spacial score (nSPS) is 21.0. The molecule has 1 aliphatic rings. The number of halogens is 1. The van der Waals surface area contributed by atoms with Crippen molar-refractivity contribution in [2.45, 2.75) is 32.8 Å². The van der Waals surface area contributed by atoms with Crippen molar-refractivity contribution in [3.05, 3.63) is 29.6 Å². The zero-order chi connectivity index (χ0) is 12.4. The molecule has 17 heavy (non-hydrogen) atoms. The third-order valence-electron chi connectivity index (χ3n) is 3.21. The lowest BCUT2D eigenvalue weighted by Crippen LogP contribution is -2.41. The van der Waals surface area contributed by atoms with E-state index in [0.29, 0.717) is 0 Å². The fraction of sp³-hybridized carbons (Fsp3) is 0.571. The molecule has 1 atom stereocenters. The van der Waals surface area contributed by atoms with Gasteiger partial charge in [0.05, 0.1) is 12.7 Å². The molecule has 0 radical (unpaired) electrons. The second-order valence-electron chi connectivity index (χ2n) is 4.99. The van der Waals surface area contributed by atoms with E-state index in [4.69, 9.17) is 4.74 Å². The maximum absolute atomic E-state index is 13.6. The minimum Gasteiger partial charge on any atom is -0.375 e. The first-order valence-electron chi connectivity index (χ1n) is 6.24. The molecule has 0 spiro atoms. The molecular weight excluding hydrogens is 217 g/mol. The van der Waals surface area contributed by atoms with Crippen LogP contribution in [-0.2, 0) is 4.74 Å². The van der Waals surface area contributed by atoms with E-state index < -0.39 is 0 Å². The molecule has 1 aromatic rings. The Morgan fingerprint density at radius 1 is 1.41 bits per heavy atom. The maximum Gasteiger partial charge on any atom is 0.126 e. The third kappa shape index (κ3) is 2.78. The summed E-state index contributed by atoms with van der Waals surface area (Å²) in [4.78, 5) is 2.26. The number of rotatable bonds is 2. The molecule has 1 aromatic carbocycles. The Balaban J connectivity index is 2.23. The van der Waals surface area contributed by atoms with Crippen molar-refractivity contribution in [3.63, 3.8) is 0 Å². The van der Waals surface area contributed by atoms with Gasteiger partial charge in [-0.15, -0.1) is 0 Å². The highest BCUT2D eigenvalue weighted by molar-refractivity contribution is 5.50. The average Bonchev–Trinajstić information content (AvgIpc) is 2.29. The van der Waals surface area contributed by atoms with Crippen LogP contribution in [0.25, 0.3) is 0 Å². The highest BCUT2D eigenvalue weighted by atomic mass is 19.1. The van der Waals surface area contributed by atoms with E-state index in [1.165, 1.54) is 0 Å². The molecule has 1 aliphatic heterocycles. The molecule has 1 fully saturated rings. The van der Waals surface area contributed by atoms with E-state index in [1.807, 2.05) is 26.0 Å². The number of morpholine rings is 1. The first kappa shape index (κ1) is 12.4. The summed E-state index contributed by atoms with van der Waals surface area (Å²) in [7, 11) is 0. The van der Waals surface area contributed by atoms with Crippen molar-refractivity contribution in [2.75, 3.05) is 24.6 Å². The number of hydrogen-bond donors (Lipinski definition) is 0. The van der Waals surface area contributed by atoms with Crippen LogP contribution in [0.1, 0.15) is 32.3 Å². The van der Waals surface area contributed by atoms with Gasteiger partial charge in [-0.1, -0.05) is 13.8 Å². The van der Waals surface area contributed by atoms with Crippen LogP contribution in [0, 0.1) is 5.82 Å². The van der Waals surface area contributed by atoms with Crippen LogP contribution >= 0.6 is 0 Å². The van der Waals surface area contributed by atoms with Crippen molar-refractivity contribution < 1.29 is 9.13 Å². The summed E-state index contributed by atoms with van der Waals surface area (Å²) in [6.45, 7) is 8.61. The van der Waals surface area contributed by atoms with Crippen molar-refractivity contribution in [1.82, 2.24) is 0 Å². The minimum atomic E-state index is -0.106. The summed E-state index contributed by atoms with van der Waals surface area (Å²) in [5.41, 5.74) is 1.90. The van der Waals surface area contributed by atoms with Crippen molar-refractivity contribution >= 4 is 5.69 Å². The third-order valence-corrected chi connectivity index (χ3v) is 3.21. The zero-order valence-electron chi connectivity index (χ0n) is 10.7. The van der Waals surface area contributed by atoms with Gasteiger partial charge in [0, 0.05) is 18.8 Å². The summed E-state index contributed by atoms with van der Waals surface area (Å²) >= 11 is 0. The monoisotopic (exact) mass is 237 g/mol. The fourth-order valence-corrected chi connectivity index (χ4v) is 2.22. The largest absolute Gasteiger partial charge is 0.375 e. The van der Waals surface area contributed by atoms with E-state index in [9.17, 15) is 4.39 Å².